The molecular formula is C8H11BrN4O. The molecule has 1 heterocycles. The largest absolute Gasteiger partial charge is 0.368 e. The molecule has 1 aromatic rings. The first-order valence-electron chi connectivity index (χ1n) is 3.97. The van der Waals surface area contributed by atoms with Crippen molar-refractivity contribution in [3.05, 3.63) is 17.0 Å². The minimum Gasteiger partial charge on any atom is -0.368 e. The summed E-state index contributed by atoms with van der Waals surface area (Å²) < 4.78 is 0.648. The third-order valence-corrected chi connectivity index (χ3v) is 2.12. The van der Waals surface area contributed by atoms with Crippen molar-refractivity contribution < 1.29 is 4.79 Å². The average Bonchev–Trinajstić information content (AvgIpc) is 2.02. The Morgan fingerprint density at radius 1 is 1.57 bits per heavy atom. The first-order valence-corrected chi connectivity index (χ1v) is 4.77. The molecule has 0 unspecified atom stereocenters. The monoisotopic (exact) mass is 258 g/mol. The molecule has 1 aromatic heterocycles. The van der Waals surface area contributed by atoms with Crippen LogP contribution in [-0.4, -0.2) is 21.4 Å². The van der Waals surface area contributed by atoms with Crippen LogP contribution in [0.1, 0.15) is 13.8 Å². The van der Waals surface area contributed by atoms with Gasteiger partial charge in [0.15, 0.2) is 0 Å². The highest BCUT2D eigenvalue weighted by Gasteiger charge is 2.24. The molecule has 76 valence electrons. The van der Waals surface area contributed by atoms with E-state index in [0.29, 0.717) is 10.4 Å². The van der Waals surface area contributed by atoms with Crippen LogP contribution in [-0.2, 0) is 4.79 Å². The zero-order chi connectivity index (χ0) is 10.8. The Labute approximate surface area is 90.2 Å². The molecule has 5 nitrogen and oxygen atoms in total. The number of rotatable bonds is 3. The highest BCUT2D eigenvalue weighted by molar-refractivity contribution is 9.10. The second-order valence-corrected chi connectivity index (χ2v) is 4.15. The summed E-state index contributed by atoms with van der Waals surface area (Å²) in [6.45, 7) is 3.37. The summed E-state index contributed by atoms with van der Waals surface area (Å²) in [6, 6.07) is 1.67. The van der Waals surface area contributed by atoms with Crippen LogP contribution >= 0.6 is 15.9 Å². The second kappa shape index (κ2) is 3.91. The Bertz CT molecular complexity index is 353. The van der Waals surface area contributed by atoms with Gasteiger partial charge in [0.1, 0.15) is 22.3 Å². The summed E-state index contributed by atoms with van der Waals surface area (Å²) in [6.07, 6.45) is 1.39. The molecule has 0 fully saturated rings. The number of hydrogen-bond donors (Lipinski definition) is 2. The Balaban J connectivity index is 2.83. The van der Waals surface area contributed by atoms with E-state index in [2.05, 4.69) is 31.2 Å². The van der Waals surface area contributed by atoms with E-state index in [0.717, 1.165) is 0 Å². The zero-order valence-electron chi connectivity index (χ0n) is 7.91. The van der Waals surface area contributed by atoms with E-state index in [1.165, 1.54) is 6.33 Å². The molecule has 0 spiro atoms. The van der Waals surface area contributed by atoms with Crippen molar-refractivity contribution in [1.29, 1.82) is 0 Å². The summed E-state index contributed by atoms with van der Waals surface area (Å²) in [4.78, 5) is 18.8. The lowest BCUT2D eigenvalue weighted by Crippen LogP contribution is -2.45. The Hall–Kier alpha value is -1.17. The van der Waals surface area contributed by atoms with E-state index >= 15 is 0 Å². The van der Waals surface area contributed by atoms with E-state index in [1.807, 2.05) is 0 Å². The van der Waals surface area contributed by atoms with Crippen molar-refractivity contribution in [3.63, 3.8) is 0 Å². The summed E-state index contributed by atoms with van der Waals surface area (Å²) in [7, 11) is 0. The minimum absolute atomic E-state index is 0.438. The van der Waals surface area contributed by atoms with Crippen molar-refractivity contribution in [3.8, 4) is 0 Å². The summed E-state index contributed by atoms with van der Waals surface area (Å²) in [5.41, 5.74) is 4.37. The second-order valence-electron chi connectivity index (χ2n) is 3.34. The topological polar surface area (TPSA) is 80.9 Å². The molecule has 0 aliphatic rings. The number of nitrogens with one attached hydrogen (secondary N) is 1. The molecule has 3 N–H and O–H groups in total. The number of nitrogens with two attached hydrogens (primary N) is 1. The first kappa shape index (κ1) is 10.9. The first-order chi connectivity index (χ1) is 6.42. The van der Waals surface area contributed by atoms with Gasteiger partial charge in [-0.15, -0.1) is 0 Å². The van der Waals surface area contributed by atoms with Crippen LogP contribution < -0.4 is 11.1 Å². The van der Waals surface area contributed by atoms with Crippen molar-refractivity contribution in [2.75, 3.05) is 5.32 Å². The average molecular weight is 259 g/mol. The number of amides is 1. The van der Waals surface area contributed by atoms with Gasteiger partial charge in [0.05, 0.1) is 0 Å². The predicted molar refractivity (Wildman–Crippen MR) is 56.6 cm³/mol. The molecule has 0 aliphatic carbocycles. The van der Waals surface area contributed by atoms with Gasteiger partial charge >= 0.3 is 0 Å². The molecule has 0 radical (unpaired) electrons. The molecule has 0 saturated carbocycles. The molecule has 0 aliphatic heterocycles. The lowest BCUT2D eigenvalue weighted by atomic mass is 10.1. The summed E-state index contributed by atoms with van der Waals surface area (Å²) >= 11 is 3.20. The van der Waals surface area contributed by atoms with Crippen molar-refractivity contribution in [2.45, 2.75) is 19.4 Å². The van der Waals surface area contributed by atoms with Gasteiger partial charge in [0.25, 0.3) is 0 Å². The van der Waals surface area contributed by atoms with Gasteiger partial charge in [-0.05, 0) is 29.8 Å². The van der Waals surface area contributed by atoms with Crippen molar-refractivity contribution >= 4 is 27.7 Å². The van der Waals surface area contributed by atoms with E-state index in [4.69, 9.17) is 5.73 Å². The third-order valence-electron chi connectivity index (χ3n) is 1.69. The molecular weight excluding hydrogens is 248 g/mol. The van der Waals surface area contributed by atoms with Gasteiger partial charge in [-0.1, -0.05) is 0 Å². The van der Waals surface area contributed by atoms with Crippen LogP contribution in [0.2, 0.25) is 0 Å². The van der Waals surface area contributed by atoms with Crippen LogP contribution in [0.15, 0.2) is 17.0 Å². The van der Waals surface area contributed by atoms with Gasteiger partial charge in [-0.3, -0.25) is 4.79 Å². The smallest absolute Gasteiger partial charge is 0.242 e. The Morgan fingerprint density at radius 3 is 2.71 bits per heavy atom. The maximum Gasteiger partial charge on any atom is 0.242 e. The predicted octanol–water partition coefficient (Wildman–Crippen LogP) is 0.915. The Morgan fingerprint density at radius 2 is 2.21 bits per heavy atom. The fourth-order valence-electron chi connectivity index (χ4n) is 0.784. The fraction of sp³-hybridized carbons (Fsp3) is 0.375. The van der Waals surface area contributed by atoms with Gasteiger partial charge in [-0.25, -0.2) is 9.97 Å². The number of carbonyl (C=O) groups excluding carboxylic acids is 1. The van der Waals surface area contributed by atoms with E-state index in [-0.39, 0.29) is 0 Å². The lowest BCUT2D eigenvalue weighted by Gasteiger charge is -2.22. The maximum atomic E-state index is 11.0. The van der Waals surface area contributed by atoms with Crippen LogP contribution in [0, 0.1) is 0 Å². The fourth-order valence-corrected chi connectivity index (χ4v) is 1.09. The number of anilines is 1. The SMILES string of the molecule is CC(C)(Nc1cc(Br)ncn1)C(N)=O. The molecule has 0 bridgehead atoms. The third kappa shape index (κ3) is 2.66. The number of primary amides is 1. The van der Waals surface area contributed by atoms with Crippen LogP contribution in [0.5, 0.6) is 0 Å². The van der Waals surface area contributed by atoms with Crippen LogP contribution in [0.25, 0.3) is 0 Å². The van der Waals surface area contributed by atoms with Crippen LogP contribution in [0.4, 0.5) is 5.82 Å². The maximum absolute atomic E-state index is 11.0. The van der Waals surface area contributed by atoms with Crippen LogP contribution in [0.3, 0.4) is 0 Å². The standard InChI is InChI=1S/C8H11BrN4O/c1-8(2,7(10)14)13-6-3-5(9)11-4-12-6/h3-4H,1-2H3,(H2,10,14)(H,11,12,13). The molecule has 0 atom stereocenters. The molecule has 0 aromatic carbocycles. The lowest BCUT2D eigenvalue weighted by molar-refractivity contribution is -0.121. The molecule has 0 saturated heterocycles. The van der Waals surface area contributed by atoms with Gasteiger partial charge in [-0.2, -0.15) is 0 Å². The minimum atomic E-state index is -0.826. The van der Waals surface area contributed by atoms with Gasteiger partial charge in [0.2, 0.25) is 5.91 Å². The molecule has 6 heteroatoms. The van der Waals surface area contributed by atoms with Crippen molar-refractivity contribution in [1.82, 2.24) is 9.97 Å². The number of halogens is 1. The normalized spacial score (nSPS) is 11.1. The summed E-state index contributed by atoms with van der Waals surface area (Å²) in [5, 5.41) is 2.90. The Kier molecular flexibility index (Phi) is 3.05. The highest BCUT2D eigenvalue weighted by Crippen LogP contribution is 2.14. The zero-order valence-corrected chi connectivity index (χ0v) is 9.50. The number of nitrogens with zero attached hydrogens (tertiary/aromatic N) is 2. The number of aromatic nitrogens is 2. The molecule has 14 heavy (non-hydrogen) atoms. The van der Waals surface area contributed by atoms with Gasteiger partial charge < -0.3 is 11.1 Å². The van der Waals surface area contributed by atoms with E-state index in [1.54, 1.807) is 19.9 Å². The van der Waals surface area contributed by atoms with E-state index in [9.17, 15) is 4.79 Å². The highest BCUT2D eigenvalue weighted by atomic mass is 79.9. The quantitative estimate of drug-likeness (QED) is 0.791. The van der Waals surface area contributed by atoms with E-state index < -0.39 is 11.4 Å². The number of carbonyl (C=O) groups is 1. The summed E-state index contributed by atoms with van der Waals surface area (Å²) in [5.74, 6) is 0.114. The number of hydrogen-bond acceptors (Lipinski definition) is 4. The molecule has 1 amide bonds. The van der Waals surface area contributed by atoms with Gasteiger partial charge in [0, 0.05) is 6.07 Å². The van der Waals surface area contributed by atoms with Crippen molar-refractivity contribution in [2.24, 2.45) is 5.73 Å². The molecule has 1 rings (SSSR count).